The fourth-order valence-electron chi connectivity index (χ4n) is 1.24. The Hall–Kier alpha value is -0.870. The van der Waals surface area contributed by atoms with Gasteiger partial charge in [0.15, 0.2) is 0 Å². The second-order valence-corrected chi connectivity index (χ2v) is 5.27. The molecule has 15 heavy (non-hydrogen) atoms. The summed E-state index contributed by atoms with van der Waals surface area (Å²) in [5.41, 5.74) is 7.73. The van der Waals surface area contributed by atoms with Crippen LogP contribution in [0.1, 0.15) is 31.4 Å². The zero-order valence-corrected chi connectivity index (χ0v) is 10.3. The van der Waals surface area contributed by atoms with Crippen LogP contribution < -0.4 is 11.1 Å². The van der Waals surface area contributed by atoms with Gasteiger partial charge in [0.25, 0.3) is 0 Å². The molecule has 0 atom stereocenters. The van der Waals surface area contributed by atoms with E-state index in [9.17, 15) is 4.79 Å². The van der Waals surface area contributed by atoms with E-state index < -0.39 is 5.54 Å². The molecule has 0 aliphatic rings. The predicted molar refractivity (Wildman–Crippen MR) is 63.8 cm³/mol. The molecule has 84 valence electrons. The van der Waals surface area contributed by atoms with Crippen LogP contribution in [0.15, 0.2) is 10.8 Å². The molecule has 0 saturated heterocycles. The summed E-state index contributed by atoms with van der Waals surface area (Å²) in [4.78, 5) is 11.5. The van der Waals surface area contributed by atoms with Gasteiger partial charge in [-0.2, -0.15) is 11.3 Å². The van der Waals surface area contributed by atoms with Gasteiger partial charge in [-0.3, -0.25) is 4.79 Å². The Morgan fingerprint density at radius 3 is 2.67 bits per heavy atom. The maximum Gasteiger partial charge on any atom is 0.222 e. The van der Waals surface area contributed by atoms with Gasteiger partial charge in [-0.25, -0.2) is 0 Å². The summed E-state index contributed by atoms with van der Waals surface area (Å²) >= 11 is 1.66. The average Bonchev–Trinajstić information content (AvgIpc) is 2.44. The summed E-state index contributed by atoms with van der Waals surface area (Å²) in [5, 5.41) is 7.01. The van der Waals surface area contributed by atoms with Crippen molar-refractivity contribution < 1.29 is 4.79 Å². The van der Waals surface area contributed by atoms with Gasteiger partial charge < -0.3 is 11.1 Å². The summed E-state index contributed by atoms with van der Waals surface area (Å²) < 4.78 is 0. The molecule has 4 heteroatoms. The standard InChI is InChI=1S/C11H18N2OS/c1-8-6-15-7-9(8)5-13-10(14)4-11(2,3)12/h6-7H,4-5,12H2,1-3H3,(H,13,14). The van der Waals surface area contributed by atoms with Crippen LogP contribution in [0.25, 0.3) is 0 Å². The van der Waals surface area contributed by atoms with E-state index in [-0.39, 0.29) is 5.91 Å². The molecule has 0 fully saturated rings. The second-order valence-electron chi connectivity index (χ2n) is 4.52. The van der Waals surface area contributed by atoms with E-state index >= 15 is 0 Å². The highest BCUT2D eigenvalue weighted by molar-refractivity contribution is 7.08. The van der Waals surface area contributed by atoms with E-state index in [1.165, 1.54) is 11.1 Å². The van der Waals surface area contributed by atoms with Crippen LogP contribution in [0.5, 0.6) is 0 Å². The number of carbonyl (C=O) groups is 1. The lowest BCUT2D eigenvalue weighted by atomic mass is 10.0. The average molecular weight is 226 g/mol. The fraction of sp³-hybridized carbons (Fsp3) is 0.545. The molecule has 0 saturated carbocycles. The smallest absolute Gasteiger partial charge is 0.222 e. The Balaban J connectivity index is 2.38. The Morgan fingerprint density at radius 1 is 1.53 bits per heavy atom. The van der Waals surface area contributed by atoms with E-state index in [1.54, 1.807) is 11.3 Å². The van der Waals surface area contributed by atoms with Crippen molar-refractivity contribution >= 4 is 17.2 Å². The third kappa shape index (κ3) is 4.44. The number of amides is 1. The van der Waals surface area contributed by atoms with Crippen molar-refractivity contribution in [1.82, 2.24) is 5.32 Å². The summed E-state index contributed by atoms with van der Waals surface area (Å²) in [6, 6.07) is 0. The molecule has 1 heterocycles. The molecule has 0 aliphatic heterocycles. The number of nitrogens with one attached hydrogen (secondary N) is 1. The Labute approximate surface area is 94.7 Å². The van der Waals surface area contributed by atoms with Crippen molar-refractivity contribution in [3.05, 3.63) is 21.9 Å². The van der Waals surface area contributed by atoms with Crippen molar-refractivity contribution in [1.29, 1.82) is 0 Å². The van der Waals surface area contributed by atoms with Crippen molar-refractivity contribution in [3.63, 3.8) is 0 Å². The highest BCUT2D eigenvalue weighted by Gasteiger charge is 2.15. The third-order valence-electron chi connectivity index (χ3n) is 2.05. The third-order valence-corrected chi connectivity index (χ3v) is 2.96. The largest absolute Gasteiger partial charge is 0.352 e. The van der Waals surface area contributed by atoms with Gasteiger partial charge in [0.2, 0.25) is 5.91 Å². The van der Waals surface area contributed by atoms with Crippen molar-refractivity contribution in [2.45, 2.75) is 39.3 Å². The molecule has 0 aliphatic carbocycles. The first-order valence-electron chi connectivity index (χ1n) is 4.96. The van der Waals surface area contributed by atoms with Crippen molar-refractivity contribution in [2.75, 3.05) is 0 Å². The molecule has 3 nitrogen and oxygen atoms in total. The number of nitrogens with two attached hydrogens (primary N) is 1. The minimum absolute atomic E-state index is 0.00750. The van der Waals surface area contributed by atoms with Gasteiger partial charge in [0.1, 0.15) is 0 Å². The molecular weight excluding hydrogens is 208 g/mol. The van der Waals surface area contributed by atoms with Gasteiger partial charge in [-0.1, -0.05) is 0 Å². The highest BCUT2D eigenvalue weighted by atomic mass is 32.1. The Morgan fingerprint density at radius 2 is 2.20 bits per heavy atom. The van der Waals surface area contributed by atoms with E-state index in [1.807, 2.05) is 20.8 Å². The first kappa shape index (κ1) is 12.2. The number of carbonyl (C=O) groups excluding carboxylic acids is 1. The molecular formula is C11H18N2OS. The molecule has 3 N–H and O–H groups in total. The lowest BCUT2D eigenvalue weighted by molar-refractivity contribution is -0.122. The first-order valence-corrected chi connectivity index (χ1v) is 5.90. The topological polar surface area (TPSA) is 55.1 Å². The van der Waals surface area contributed by atoms with Crippen LogP contribution in [-0.2, 0) is 11.3 Å². The van der Waals surface area contributed by atoms with E-state index in [2.05, 4.69) is 16.1 Å². The lowest BCUT2D eigenvalue weighted by Crippen LogP contribution is -2.38. The maximum atomic E-state index is 11.5. The molecule has 1 rings (SSSR count). The monoisotopic (exact) mass is 226 g/mol. The van der Waals surface area contributed by atoms with Crippen molar-refractivity contribution in [3.8, 4) is 0 Å². The second kappa shape index (κ2) is 4.77. The maximum absolute atomic E-state index is 11.5. The highest BCUT2D eigenvalue weighted by Crippen LogP contribution is 2.13. The van der Waals surface area contributed by atoms with Crippen LogP contribution in [0.4, 0.5) is 0 Å². The SMILES string of the molecule is Cc1cscc1CNC(=O)CC(C)(C)N. The van der Waals surface area contributed by atoms with Gasteiger partial charge in [0, 0.05) is 18.5 Å². The molecule has 0 radical (unpaired) electrons. The Bertz CT molecular complexity index is 339. The van der Waals surface area contributed by atoms with Crippen LogP contribution in [0.3, 0.4) is 0 Å². The van der Waals surface area contributed by atoms with Gasteiger partial charge in [-0.05, 0) is 42.7 Å². The van der Waals surface area contributed by atoms with Crippen LogP contribution >= 0.6 is 11.3 Å². The number of hydrogen-bond donors (Lipinski definition) is 2. The minimum Gasteiger partial charge on any atom is -0.352 e. The van der Waals surface area contributed by atoms with Gasteiger partial charge in [0.05, 0.1) is 0 Å². The van der Waals surface area contributed by atoms with Crippen LogP contribution in [0, 0.1) is 6.92 Å². The quantitative estimate of drug-likeness (QED) is 0.822. The summed E-state index contributed by atoms with van der Waals surface area (Å²) in [7, 11) is 0. The number of thiophene rings is 1. The van der Waals surface area contributed by atoms with E-state index in [0.717, 1.165) is 0 Å². The van der Waals surface area contributed by atoms with E-state index in [0.29, 0.717) is 13.0 Å². The molecule has 0 bridgehead atoms. The molecule has 0 unspecified atom stereocenters. The zero-order valence-electron chi connectivity index (χ0n) is 9.46. The Kier molecular flexibility index (Phi) is 3.88. The molecule has 1 aromatic rings. The molecule has 0 spiro atoms. The fourth-order valence-corrected chi connectivity index (χ4v) is 2.10. The summed E-state index contributed by atoms with van der Waals surface area (Å²) in [6.45, 7) is 6.35. The number of aryl methyl sites for hydroxylation is 1. The van der Waals surface area contributed by atoms with Gasteiger partial charge >= 0.3 is 0 Å². The van der Waals surface area contributed by atoms with Crippen LogP contribution in [-0.4, -0.2) is 11.4 Å². The van der Waals surface area contributed by atoms with Gasteiger partial charge in [-0.15, -0.1) is 0 Å². The van der Waals surface area contributed by atoms with Crippen molar-refractivity contribution in [2.24, 2.45) is 5.73 Å². The number of rotatable bonds is 4. The molecule has 0 aromatic carbocycles. The number of hydrogen-bond acceptors (Lipinski definition) is 3. The predicted octanol–water partition coefficient (Wildman–Crippen LogP) is 1.80. The summed E-state index contributed by atoms with van der Waals surface area (Å²) in [6.07, 6.45) is 0.357. The van der Waals surface area contributed by atoms with Crippen LogP contribution in [0.2, 0.25) is 0 Å². The summed E-state index contributed by atoms with van der Waals surface area (Å²) in [5.74, 6) is 0.00750. The minimum atomic E-state index is -0.437. The first-order chi connectivity index (χ1) is 6.88. The lowest BCUT2D eigenvalue weighted by Gasteiger charge is -2.17. The van der Waals surface area contributed by atoms with E-state index in [4.69, 9.17) is 5.73 Å². The normalized spacial score (nSPS) is 11.5. The molecule has 1 amide bonds. The zero-order chi connectivity index (χ0) is 11.5. The molecule has 1 aromatic heterocycles.